The standard InChI is InChI=1S/C21H22BrN3O2S/c22-20-17-7-3-2-6-15(17)8-9-18(20)27-13-19(26)24-21-23-16(14-28-21)12-25-10-4-1-5-11-25/h2-3,6-9,14H,1,4-5,10-13H2,(H,23,24,26). The molecule has 5 nitrogen and oxygen atoms in total. The van der Waals surface area contributed by atoms with Gasteiger partial charge in [-0.05, 0) is 58.7 Å². The fourth-order valence-corrected chi connectivity index (χ4v) is 4.73. The fourth-order valence-electron chi connectivity index (χ4n) is 3.41. The average Bonchev–Trinajstić information content (AvgIpc) is 3.15. The first-order valence-corrected chi connectivity index (χ1v) is 11.1. The van der Waals surface area contributed by atoms with Crippen LogP contribution in [0.1, 0.15) is 25.0 Å². The predicted molar refractivity (Wildman–Crippen MR) is 117 cm³/mol. The van der Waals surface area contributed by atoms with Gasteiger partial charge in [-0.2, -0.15) is 0 Å². The third-order valence-electron chi connectivity index (χ3n) is 4.82. The molecule has 1 amide bonds. The van der Waals surface area contributed by atoms with Crippen LogP contribution in [0.4, 0.5) is 5.13 Å². The first-order valence-electron chi connectivity index (χ1n) is 9.46. The van der Waals surface area contributed by atoms with Crippen LogP contribution in [0.5, 0.6) is 5.75 Å². The Hall–Kier alpha value is -1.96. The van der Waals surface area contributed by atoms with Crippen LogP contribution in [-0.4, -0.2) is 35.5 Å². The Labute approximate surface area is 176 Å². The number of carbonyl (C=O) groups is 1. The topological polar surface area (TPSA) is 54.5 Å². The highest BCUT2D eigenvalue weighted by atomic mass is 79.9. The van der Waals surface area contributed by atoms with Crippen LogP contribution in [0.15, 0.2) is 46.3 Å². The highest BCUT2D eigenvalue weighted by molar-refractivity contribution is 9.10. The molecule has 1 aromatic heterocycles. The number of piperidine rings is 1. The number of halogens is 1. The van der Waals surface area contributed by atoms with Crippen LogP contribution in [0.3, 0.4) is 0 Å². The van der Waals surface area contributed by atoms with Gasteiger partial charge in [0.05, 0.1) is 10.2 Å². The Morgan fingerprint density at radius 1 is 1.18 bits per heavy atom. The quantitative estimate of drug-likeness (QED) is 0.559. The summed E-state index contributed by atoms with van der Waals surface area (Å²) in [4.78, 5) is 19.2. The van der Waals surface area contributed by atoms with Gasteiger partial charge in [0.2, 0.25) is 0 Å². The van der Waals surface area contributed by atoms with E-state index >= 15 is 0 Å². The number of thiazole rings is 1. The molecule has 1 aliphatic rings. The van der Waals surface area contributed by atoms with E-state index in [9.17, 15) is 4.79 Å². The molecule has 7 heteroatoms. The fraction of sp³-hybridized carbons (Fsp3) is 0.333. The molecule has 0 bridgehead atoms. The molecule has 0 aliphatic carbocycles. The normalized spacial score (nSPS) is 14.9. The lowest BCUT2D eigenvalue weighted by Crippen LogP contribution is -2.29. The van der Waals surface area contributed by atoms with Crippen molar-refractivity contribution in [2.75, 3.05) is 25.0 Å². The molecular formula is C21H22BrN3O2S. The second-order valence-electron chi connectivity index (χ2n) is 6.92. The molecule has 4 rings (SSSR count). The molecule has 0 saturated carbocycles. The average molecular weight is 460 g/mol. The van der Waals surface area contributed by atoms with Crippen molar-refractivity contribution < 1.29 is 9.53 Å². The van der Waals surface area contributed by atoms with Gasteiger partial charge >= 0.3 is 0 Å². The van der Waals surface area contributed by atoms with E-state index in [0.717, 1.165) is 40.6 Å². The number of nitrogens with one attached hydrogen (secondary N) is 1. The summed E-state index contributed by atoms with van der Waals surface area (Å²) in [6, 6.07) is 11.9. The van der Waals surface area contributed by atoms with E-state index in [1.165, 1.54) is 30.6 Å². The van der Waals surface area contributed by atoms with Gasteiger partial charge in [0.1, 0.15) is 5.75 Å². The van der Waals surface area contributed by atoms with Crippen LogP contribution in [0.25, 0.3) is 10.8 Å². The maximum atomic E-state index is 12.3. The highest BCUT2D eigenvalue weighted by Gasteiger charge is 2.14. The van der Waals surface area contributed by atoms with E-state index in [4.69, 9.17) is 4.74 Å². The maximum absolute atomic E-state index is 12.3. The third kappa shape index (κ3) is 4.71. The van der Waals surface area contributed by atoms with Crippen molar-refractivity contribution in [1.29, 1.82) is 0 Å². The highest BCUT2D eigenvalue weighted by Crippen LogP contribution is 2.33. The van der Waals surface area contributed by atoms with E-state index < -0.39 is 0 Å². The zero-order valence-corrected chi connectivity index (χ0v) is 17.9. The minimum absolute atomic E-state index is 0.0576. The number of likely N-dealkylation sites (tertiary alicyclic amines) is 1. The molecule has 0 atom stereocenters. The van der Waals surface area contributed by atoms with Crippen LogP contribution in [0.2, 0.25) is 0 Å². The number of carbonyl (C=O) groups excluding carboxylic acids is 1. The molecular weight excluding hydrogens is 438 g/mol. The van der Waals surface area contributed by atoms with Crippen LogP contribution in [0, 0.1) is 0 Å². The molecule has 0 radical (unpaired) electrons. The molecule has 1 aliphatic heterocycles. The molecule has 1 N–H and O–H groups in total. The van der Waals surface area contributed by atoms with E-state index in [0.29, 0.717) is 10.9 Å². The van der Waals surface area contributed by atoms with Gasteiger partial charge in [-0.25, -0.2) is 4.98 Å². The molecule has 146 valence electrons. The van der Waals surface area contributed by atoms with Crippen molar-refractivity contribution >= 4 is 49.1 Å². The van der Waals surface area contributed by atoms with Gasteiger partial charge in [0.25, 0.3) is 5.91 Å². The largest absolute Gasteiger partial charge is 0.483 e. The minimum atomic E-state index is -0.209. The number of ether oxygens (including phenoxy) is 1. The van der Waals surface area contributed by atoms with E-state index in [1.54, 1.807) is 0 Å². The maximum Gasteiger partial charge on any atom is 0.264 e. The summed E-state index contributed by atoms with van der Waals surface area (Å²) in [7, 11) is 0. The van der Waals surface area contributed by atoms with Gasteiger partial charge in [-0.1, -0.05) is 36.8 Å². The second kappa shape index (κ2) is 9.03. The molecule has 0 unspecified atom stereocenters. The summed E-state index contributed by atoms with van der Waals surface area (Å²) in [6.45, 7) is 3.06. The third-order valence-corrected chi connectivity index (χ3v) is 6.44. The Bertz CT molecular complexity index is 969. The molecule has 1 saturated heterocycles. The van der Waals surface area contributed by atoms with Crippen molar-refractivity contribution in [1.82, 2.24) is 9.88 Å². The van der Waals surface area contributed by atoms with E-state index in [2.05, 4.69) is 31.1 Å². The van der Waals surface area contributed by atoms with E-state index in [-0.39, 0.29) is 12.5 Å². The minimum Gasteiger partial charge on any atom is -0.483 e. The Morgan fingerprint density at radius 2 is 2.00 bits per heavy atom. The number of hydrogen-bond donors (Lipinski definition) is 1. The Morgan fingerprint density at radius 3 is 2.86 bits per heavy atom. The Balaban J connectivity index is 1.32. The number of hydrogen-bond acceptors (Lipinski definition) is 5. The smallest absolute Gasteiger partial charge is 0.264 e. The summed E-state index contributed by atoms with van der Waals surface area (Å²) in [5.41, 5.74) is 1.01. The zero-order chi connectivity index (χ0) is 19.3. The lowest BCUT2D eigenvalue weighted by molar-refractivity contribution is -0.118. The first-order chi connectivity index (χ1) is 13.7. The number of fused-ring (bicyclic) bond motifs is 1. The molecule has 2 heterocycles. The van der Waals surface area contributed by atoms with Crippen molar-refractivity contribution in [3.05, 3.63) is 51.9 Å². The van der Waals surface area contributed by atoms with Crippen LogP contribution < -0.4 is 10.1 Å². The second-order valence-corrected chi connectivity index (χ2v) is 8.57. The molecule has 0 spiro atoms. The number of amides is 1. The van der Waals surface area contributed by atoms with Crippen molar-refractivity contribution in [2.45, 2.75) is 25.8 Å². The lowest BCUT2D eigenvalue weighted by atomic mass is 10.1. The molecule has 3 aromatic rings. The molecule has 28 heavy (non-hydrogen) atoms. The van der Waals surface area contributed by atoms with Crippen molar-refractivity contribution in [3.63, 3.8) is 0 Å². The number of benzene rings is 2. The van der Waals surface area contributed by atoms with Gasteiger partial charge in [-0.3, -0.25) is 15.0 Å². The summed E-state index contributed by atoms with van der Waals surface area (Å²) in [5.74, 6) is 0.442. The van der Waals surface area contributed by atoms with E-state index in [1.807, 2.05) is 41.8 Å². The van der Waals surface area contributed by atoms with Gasteiger partial charge < -0.3 is 4.74 Å². The number of nitrogens with zero attached hydrogens (tertiary/aromatic N) is 2. The van der Waals surface area contributed by atoms with Crippen LogP contribution >= 0.6 is 27.3 Å². The van der Waals surface area contributed by atoms with Crippen LogP contribution in [-0.2, 0) is 11.3 Å². The Kier molecular flexibility index (Phi) is 6.24. The van der Waals surface area contributed by atoms with Crippen molar-refractivity contribution in [2.24, 2.45) is 0 Å². The summed E-state index contributed by atoms with van der Waals surface area (Å²) < 4.78 is 6.57. The number of anilines is 1. The van der Waals surface area contributed by atoms with Crippen molar-refractivity contribution in [3.8, 4) is 5.75 Å². The number of rotatable bonds is 6. The lowest BCUT2D eigenvalue weighted by Gasteiger charge is -2.25. The summed E-state index contributed by atoms with van der Waals surface area (Å²) in [6.07, 6.45) is 3.84. The molecule has 1 fully saturated rings. The van der Waals surface area contributed by atoms with Gasteiger partial charge in [-0.15, -0.1) is 11.3 Å². The summed E-state index contributed by atoms with van der Waals surface area (Å²) >= 11 is 5.04. The number of aromatic nitrogens is 1. The van der Waals surface area contributed by atoms with Gasteiger partial charge in [0, 0.05) is 11.9 Å². The zero-order valence-electron chi connectivity index (χ0n) is 15.5. The van der Waals surface area contributed by atoms with Gasteiger partial charge in [0.15, 0.2) is 11.7 Å². The molecule has 2 aromatic carbocycles. The predicted octanol–water partition coefficient (Wildman–Crippen LogP) is 5.06. The SMILES string of the molecule is O=C(COc1ccc2ccccc2c1Br)Nc1nc(CN2CCCCC2)cs1. The first kappa shape index (κ1) is 19.4. The monoisotopic (exact) mass is 459 g/mol. The summed E-state index contributed by atoms with van der Waals surface area (Å²) in [5, 5.41) is 7.66.